The molecule has 2 fully saturated rings. The van der Waals surface area contributed by atoms with Crippen molar-refractivity contribution in [2.45, 2.75) is 32.2 Å². The van der Waals surface area contributed by atoms with E-state index in [1.807, 2.05) is 0 Å². The van der Waals surface area contributed by atoms with Crippen molar-refractivity contribution in [1.82, 2.24) is 10.2 Å². The van der Waals surface area contributed by atoms with Crippen molar-refractivity contribution in [3.63, 3.8) is 0 Å². The lowest BCUT2D eigenvalue weighted by Gasteiger charge is -2.36. The van der Waals surface area contributed by atoms with E-state index in [0.717, 1.165) is 12.8 Å². The summed E-state index contributed by atoms with van der Waals surface area (Å²) in [5.74, 6) is -0.945. The highest BCUT2D eigenvalue weighted by molar-refractivity contribution is 6.19. The first kappa shape index (κ1) is 11.1. The third-order valence-electron chi connectivity index (χ3n) is 3.19. The number of nitrogens with two attached hydrogens (primary N) is 1. The smallest absolute Gasteiger partial charge is 0.330 e. The average molecular weight is 225 g/mol. The molecular formula is C10H15N3O3. The summed E-state index contributed by atoms with van der Waals surface area (Å²) in [6.45, 7) is 1.78. The zero-order chi connectivity index (χ0) is 11.9. The Labute approximate surface area is 93.1 Å². The maximum atomic E-state index is 12.1. The molecule has 1 heterocycles. The van der Waals surface area contributed by atoms with E-state index in [1.54, 1.807) is 6.92 Å². The maximum absolute atomic E-state index is 12.1. The van der Waals surface area contributed by atoms with Crippen LogP contribution in [0, 0.1) is 5.41 Å². The van der Waals surface area contributed by atoms with Crippen LogP contribution in [0.2, 0.25) is 0 Å². The third kappa shape index (κ3) is 1.49. The van der Waals surface area contributed by atoms with Gasteiger partial charge in [0.05, 0.1) is 0 Å². The minimum Gasteiger partial charge on any atom is -0.330 e. The Morgan fingerprint density at radius 2 is 2.06 bits per heavy atom. The molecule has 2 rings (SSSR count). The first-order valence-electron chi connectivity index (χ1n) is 5.40. The summed E-state index contributed by atoms with van der Waals surface area (Å²) in [6.07, 6.45) is 1.91. The van der Waals surface area contributed by atoms with Crippen LogP contribution in [0.3, 0.4) is 0 Å². The molecule has 2 aliphatic rings. The van der Waals surface area contributed by atoms with Gasteiger partial charge in [-0.2, -0.15) is 0 Å². The first-order valence-corrected chi connectivity index (χ1v) is 5.40. The van der Waals surface area contributed by atoms with Crippen molar-refractivity contribution in [3.05, 3.63) is 0 Å². The molecule has 0 aromatic carbocycles. The lowest BCUT2D eigenvalue weighted by atomic mass is 9.82. The number of nitrogens with one attached hydrogen (secondary N) is 1. The number of hydrogen-bond donors (Lipinski definition) is 2. The van der Waals surface area contributed by atoms with Gasteiger partial charge < -0.3 is 5.73 Å². The normalized spacial score (nSPS) is 30.6. The Balaban J connectivity index is 2.28. The van der Waals surface area contributed by atoms with Crippen LogP contribution in [0.4, 0.5) is 4.79 Å². The van der Waals surface area contributed by atoms with Gasteiger partial charge >= 0.3 is 6.03 Å². The number of imide groups is 2. The van der Waals surface area contributed by atoms with Crippen LogP contribution in [0.25, 0.3) is 0 Å². The molecule has 0 aromatic rings. The number of rotatable bonds is 3. The highest BCUT2D eigenvalue weighted by atomic mass is 16.2. The fraction of sp³-hybridized carbons (Fsp3) is 0.700. The van der Waals surface area contributed by atoms with Crippen LogP contribution in [0.1, 0.15) is 26.2 Å². The van der Waals surface area contributed by atoms with Gasteiger partial charge in [-0.15, -0.1) is 0 Å². The maximum Gasteiger partial charge on any atom is 0.331 e. The highest BCUT2D eigenvalue weighted by Gasteiger charge is 2.53. The Kier molecular flexibility index (Phi) is 2.46. The molecule has 1 aliphatic heterocycles. The Hall–Kier alpha value is -1.43. The van der Waals surface area contributed by atoms with E-state index >= 15 is 0 Å². The first-order chi connectivity index (χ1) is 7.50. The summed E-state index contributed by atoms with van der Waals surface area (Å²) in [4.78, 5) is 36.5. The van der Waals surface area contributed by atoms with Gasteiger partial charge in [0.1, 0.15) is 5.41 Å². The van der Waals surface area contributed by atoms with Gasteiger partial charge in [-0.05, 0) is 32.7 Å². The average Bonchev–Trinajstić information content (AvgIpc) is 3.00. The summed E-state index contributed by atoms with van der Waals surface area (Å²) in [7, 11) is 0. The summed E-state index contributed by atoms with van der Waals surface area (Å²) >= 11 is 0. The molecule has 1 saturated heterocycles. The Morgan fingerprint density at radius 3 is 2.56 bits per heavy atom. The molecule has 3 N–H and O–H groups in total. The zero-order valence-corrected chi connectivity index (χ0v) is 9.16. The lowest BCUT2D eigenvalue weighted by Crippen LogP contribution is -2.63. The van der Waals surface area contributed by atoms with Crippen molar-refractivity contribution in [2.24, 2.45) is 11.1 Å². The molecule has 88 valence electrons. The minimum atomic E-state index is -1.19. The van der Waals surface area contributed by atoms with Gasteiger partial charge in [0.25, 0.3) is 0 Å². The molecular weight excluding hydrogens is 210 g/mol. The lowest BCUT2D eigenvalue weighted by molar-refractivity contribution is -0.151. The molecule has 1 aliphatic carbocycles. The number of carbonyl (C=O) groups is 3. The van der Waals surface area contributed by atoms with E-state index in [9.17, 15) is 14.4 Å². The molecule has 0 radical (unpaired) electrons. The molecule has 1 atom stereocenters. The number of carbonyl (C=O) groups excluding carboxylic acids is 3. The summed E-state index contributed by atoms with van der Waals surface area (Å²) < 4.78 is 0. The van der Waals surface area contributed by atoms with Crippen molar-refractivity contribution in [1.29, 1.82) is 0 Å². The van der Waals surface area contributed by atoms with E-state index in [4.69, 9.17) is 5.73 Å². The van der Waals surface area contributed by atoms with Gasteiger partial charge in [0, 0.05) is 6.04 Å². The summed E-state index contributed by atoms with van der Waals surface area (Å²) in [6, 6.07) is -0.621. The fourth-order valence-electron chi connectivity index (χ4n) is 1.92. The molecule has 0 spiro atoms. The number of barbiturate groups is 1. The Bertz CT molecular complexity index is 364. The number of amides is 4. The molecule has 4 amide bonds. The molecule has 16 heavy (non-hydrogen) atoms. The van der Waals surface area contributed by atoms with Gasteiger partial charge in [0.15, 0.2) is 0 Å². The van der Waals surface area contributed by atoms with Crippen LogP contribution in [0.15, 0.2) is 0 Å². The number of nitrogens with zero attached hydrogens (tertiary/aromatic N) is 1. The fourth-order valence-corrected chi connectivity index (χ4v) is 1.92. The minimum absolute atomic E-state index is 0.0299. The molecule has 1 saturated carbocycles. The second kappa shape index (κ2) is 3.55. The molecule has 1 unspecified atom stereocenters. The van der Waals surface area contributed by atoms with E-state index in [-0.39, 0.29) is 19.0 Å². The third-order valence-corrected chi connectivity index (χ3v) is 3.19. The zero-order valence-electron chi connectivity index (χ0n) is 9.16. The van der Waals surface area contributed by atoms with Crippen LogP contribution in [0.5, 0.6) is 0 Å². The van der Waals surface area contributed by atoms with Gasteiger partial charge in [-0.3, -0.25) is 19.8 Å². The SMILES string of the molecule is CC1(CCN)C(=O)NC(=O)N(C2CC2)C1=O. The van der Waals surface area contributed by atoms with Gasteiger partial charge in [0.2, 0.25) is 11.8 Å². The van der Waals surface area contributed by atoms with Crippen molar-refractivity contribution in [3.8, 4) is 0 Å². The summed E-state index contributed by atoms with van der Waals surface area (Å²) in [5, 5.41) is 2.23. The van der Waals surface area contributed by atoms with Gasteiger partial charge in [-0.25, -0.2) is 4.79 Å². The van der Waals surface area contributed by atoms with Crippen molar-refractivity contribution < 1.29 is 14.4 Å². The Morgan fingerprint density at radius 1 is 1.44 bits per heavy atom. The standard InChI is InChI=1S/C10H15N3O3/c1-10(4-5-11)7(14)12-9(16)13(8(10)15)6-2-3-6/h6H,2-5,11H2,1H3,(H,12,14,16). The van der Waals surface area contributed by atoms with Crippen LogP contribution >= 0.6 is 0 Å². The van der Waals surface area contributed by atoms with Crippen molar-refractivity contribution in [2.75, 3.05) is 6.54 Å². The second-order valence-corrected chi connectivity index (χ2v) is 4.54. The summed E-state index contributed by atoms with van der Waals surface area (Å²) in [5.41, 5.74) is 4.22. The predicted molar refractivity (Wildman–Crippen MR) is 55.2 cm³/mol. The van der Waals surface area contributed by atoms with E-state index < -0.39 is 23.3 Å². The van der Waals surface area contributed by atoms with Crippen LogP contribution in [-0.2, 0) is 9.59 Å². The molecule has 6 heteroatoms. The monoisotopic (exact) mass is 225 g/mol. The number of hydrogen-bond acceptors (Lipinski definition) is 4. The quantitative estimate of drug-likeness (QED) is 0.638. The predicted octanol–water partition coefficient (Wildman–Crippen LogP) is -0.418. The molecule has 0 aromatic heterocycles. The van der Waals surface area contributed by atoms with Crippen LogP contribution < -0.4 is 11.1 Å². The van der Waals surface area contributed by atoms with Gasteiger partial charge in [-0.1, -0.05) is 0 Å². The molecule has 0 bridgehead atoms. The largest absolute Gasteiger partial charge is 0.331 e. The van der Waals surface area contributed by atoms with Crippen LogP contribution in [-0.4, -0.2) is 35.3 Å². The van der Waals surface area contributed by atoms with Crippen molar-refractivity contribution >= 4 is 17.8 Å². The number of urea groups is 1. The second-order valence-electron chi connectivity index (χ2n) is 4.54. The topological polar surface area (TPSA) is 92.5 Å². The van der Waals surface area contributed by atoms with E-state index in [1.165, 1.54) is 4.90 Å². The van der Waals surface area contributed by atoms with E-state index in [2.05, 4.69) is 5.32 Å². The van der Waals surface area contributed by atoms with E-state index in [0.29, 0.717) is 0 Å². The molecule has 6 nitrogen and oxygen atoms in total. The highest BCUT2D eigenvalue weighted by Crippen LogP contribution is 2.35.